The van der Waals surface area contributed by atoms with E-state index < -0.39 is 39.4 Å². The third-order valence-electron chi connectivity index (χ3n) is 9.96. The molecule has 1 unspecified atom stereocenters. The van der Waals surface area contributed by atoms with Gasteiger partial charge in [-0.15, -0.1) is 0 Å². The van der Waals surface area contributed by atoms with Crippen LogP contribution in [0.1, 0.15) is 69.2 Å². The van der Waals surface area contributed by atoms with Gasteiger partial charge in [0.15, 0.2) is 11.6 Å². The minimum absolute atomic E-state index is 0.0822. The summed E-state index contributed by atoms with van der Waals surface area (Å²) in [6, 6.07) is 15.7. The van der Waals surface area contributed by atoms with E-state index in [2.05, 4.69) is 24.1 Å². The SMILES string of the molecule is CC1(C)CCN(c2c(F)cc(N3[C@H](c4ccc(N)cc4)CC[C@H]3c3ccc(NC(=O)C4CCCN4C(=O)O)c(N)c3)cc2F)[SiH2]C1. The van der Waals surface area contributed by atoms with Crippen LogP contribution in [-0.2, 0) is 4.79 Å². The molecule has 0 aliphatic carbocycles. The Kier molecular flexibility index (Phi) is 8.58. The van der Waals surface area contributed by atoms with E-state index in [0.717, 1.165) is 34.9 Å². The summed E-state index contributed by atoms with van der Waals surface area (Å²) in [6.07, 6.45) is 2.27. The fourth-order valence-corrected chi connectivity index (χ4v) is 9.30. The van der Waals surface area contributed by atoms with Gasteiger partial charge in [0.1, 0.15) is 21.4 Å². The number of likely N-dealkylation sites (tertiary alicyclic amines) is 1. The van der Waals surface area contributed by atoms with E-state index in [4.69, 9.17) is 11.5 Å². The van der Waals surface area contributed by atoms with Crippen LogP contribution in [0.15, 0.2) is 54.6 Å². The van der Waals surface area contributed by atoms with Crippen molar-refractivity contribution in [3.63, 3.8) is 0 Å². The second-order valence-electron chi connectivity index (χ2n) is 13.6. The molecule has 9 nitrogen and oxygen atoms in total. The van der Waals surface area contributed by atoms with Crippen LogP contribution in [0.25, 0.3) is 0 Å². The molecule has 2 amide bonds. The maximum absolute atomic E-state index is 15.9. The van der Waals surface area contributed by atoms with Crippen molar-refractivity contribution in [1.29, 1.82) is 0 Å². The van der Waals surface area contributed by atoms with Gasteiger partial charge in [0.2, 0.25) is 5.91 Å². The number of hydrogen-bond acceptors (Lipinski definition) is 6. The summed E-state index contributed by atoms with van der Waals surface area (Å²) in [7, 11) is -0.838. The number of carbonyl (C=O) groups excluding carboxylic acids is 1. The number of nitrogens with zero attached hydrogens (tertiary/aromatic N) is 3. The van der Waals surface area contributed by atoms with Crippen LogP contribution >= 0.6 is 0 Å². The Balaban J connectivity index is 1.30. The number of amides is 2. The molecule has 6 rings (SSSR count). The molecule has 3 atom stereocenters. The largest absolute Gasteiger partial charge is 0.465 e. The monoisotopic (exact) mass is 648 g/mol. The highest BCUT2D eigenvalue weighted by Gasteiger charge is 2.38. The number of carbonyl (C=O) groups is 2. The molecule has 0 radical (unpaired) electrons. The summed E-state index contributed by atoms with van der Waals surface area (Å²) >= 11 is 0. The molecule has 244 valence electrons. The zero-order chi connectivity index (χ0) is 32.7. The van der Waals surface area contributed by atoms with Crippen molar-refractivity contribution in [2.75, 3.05) is 39.3 Å². The van der Waals surface area contributed by atoms with Crippen LogP contribution in [0.5, 0.6) is 0 Å². The molecular formula is C34H42F2N6O3Si. The number of nitrogens with two attached hydrogens (primary N) is 2. The topological polar surface area (TPSA) is 128 Å². The molecule has 46 heavy (non-hydrogen) atoms. The third-order valence-corrected chi connectivity index (χ3v) is 12.7. The number of rotatable bonds is 6. The minimum atomic E-state index is -1.12. The predicted octanol–water partition coefficient (Wildman–Crippen LogP) is 6.03. The average Bonchev–Trinajstić information content (AvgIpc) is 3.68. The Hall–Kier alpha value is -4.32. The number of nitrogen functional groups attached to an aromatic ring is 2. The second kappa shape index (κ2) is 12.5. The van der Waals surface area contributed by atoms with Crippen LogP contribution in [0, 0.1) is 17.0 Å². The Bertz CT molecular complexity index is 1600. The van der Waals surface area contributed by atoms with Crippen molar-refractivity contribution >= 4 is 50.1 Å². The first-order valence-electron chi connectivity index (χ1n) is 16.0. The van der Waals surface area contributed by atoms with E-state index in [9.17, 15) is 14.7 Å². The first-order chi connectivity index (χ1) is 21.9. The Morgan fingerprint density at radius 2 is 1.59 bits per heavy atom. The fraction of sp³-hybridized carbons (Fsp3) is 0.412. The van der Waals surface area contributed by atoms with Crippen LogP contribution in [0.2, 0.25) is 6.04 Å². The number of carboxylic acid groups (broad SMARTS) is 1. The molecule has 0 spiro atoms. The van der Waals surface area contributed by atoms with Gasteiger partial charge < -0.3 is 31.4 Å². The molecule has 3 aliphatic rings. The van der Waals surface area contributed by atoms with E-state index in [0.29, 0.717) is 55.1 Å². The van der Waals surface area contributed by atoms with Gasteiger partial charge in [-0.05, 0) is 91.1 Å². The number of anilines is 5. The normalized spacial score (nSPS) is 23.2. The lowest BCUT2D eigenvalue weighted by Gasteiger charge is -2.39. The average molecular weight is 649 g/mol. The molecule has 0 aromatic heterocycles. The standard InChI is InChI=1S/C34H42F2N6O3Si/c1-34(2)13-15-41(46-19-34)31-24(35)17-23(18-25(31)36)42-28(20-5-8-22(37)9-6-20)11-12-29(42)21-7-10-27(26(38)16-21)39-32(43)30-4-3-14-40(30)33(44)45/h5-10,16-18,28-30H,3-4,11-15,19,37-38,46H2,1-2H3,(H,39,43)(H,44,45)/t28-,29-,30?/m0/s1. The number of nitrogens with one attached hydrogen (secondary N) is 1. The summed E-state index contributed by atoms with van der Waals surface area (Å²) in [5.74, 6) is -1.52. The smallest absolute Gasteiger partial charge is 0.407 e. The number of halogens is 2. The molecule has 3 aliphatic heterocycles. The van der Waals surface area contributed by atoms with Crippen LogP contribution in [0.4, 0.5) is 42.0 Å². The molecule has 3 aromatic rings. The van der Waals surface area contributed by atoms with E-state index >= 15 is 8.78 Å². The zero-order valence-electron chi connectivity index (χ0n) is 26.3. The lowest BCUT2D eigenvalue weighted by atomic mass is 9.91. The quantitative estimate of drug-likeness (QED) is 0.190. The third kappa shape index (κ3) is 6.22. The first-order valence-corrected chi connectivity index (χ1v) is 17.6. The van der Waals surface area contributed by atoms with Gasteiger partial charge in [-0.3, -0.25) is 9.69 Å². The van der Waals surface area contributed by atoms with Crippen LogP contribution in [-0.4, -0.2) is 50.8 Å². The van der Waals surface area contributed by atoms with E-state index in [-0.39, 0.29) is 23.2 Å². The van der Waals surface area contributed by atoms with Gasteiger partial charge in [0, 0.05) is 24.5 Å². The van der Waals surface area contributed by atoms with Crippen molar-refractivity contribution in [1.82, 2.24) is 4.90 Å². The van der Waals surface area contributed by atoms with Crippen LogP contribution in [0.3, 0.4) is 0 Å². The van der Waals surface area contributed by atoms with Gasteiger partial charge in [-0.25, -0.2) is 13.6 Å². The van der Waals surface area contributed by atoms with Gasteiger partial charge in [-0.2, -0.15) is 0 Å². The Morgan fingerprint density at radius 1 is 0.935 bits per heavy atom. The fourth-order valence-electron chi connectivity index (χ4n) is 7.27. The predicted molar refractivity (Wildman–Crippen MR) is 181 cm³/mol. The molecule has 3 fully saturated rings. The highest BCUT2D eigenvalue weighted by molar-refractivity contribution is 6.42. The van der Waals surface area contributed by atoms with Gasteiger partial charge in [0.25, 0.3) is 0 Å². The van der Waals surface area contributed by atoms with Crippen molar-refractivity contribution in [3.05, 3.63) is 77.4 Å². The van der Waals surface area contributed by atoms with Gasteiger partial charge in [0.05, 0.1) is 23.5 Å². The van der Waals surface area contributed by atoms with E-state index in [1.807, 2.05) is 34.9 Å². The minimum Gasteiger partial charge on any atom is -0.465 e. The lowest BCUT2D eigenvalue weighted by molar-refractivity contribution is -0.119. The second-order valence-corrected chi connectivity index (χ2v) is 15.3. The summed E-state index contributed by atoms with van der Waals surface area (Å²) in [5, 5.41) is 12.2. The maximum Gasteiger partial charge on any atom is 0.407 e. The number of benzene rings is 3. The molecular weight excluding hydrogens is 606 g/mol. The molecule has 0 saturated carbocycles. The maximum atomic E-state index is 15.9. The summed E-state index contributed by atoms with van der Waals surface area (Å²) < 4.78 is 33.7. The lowest BCUT2D eigenvalue weighted by Crippen LogP contribution is -2.42. The Morgan fingerprint density at radius 3 is 2.20 bits per heavy atom. The van der Waals surface area contributed by atoms with Crippen LogP contribution < -0.4 is 26.2 Å². The highest BCUT2D eigenvalue weighted by Crippen LogP contribution is 2.49. The summed E-state index contributed by atoms with van der Waals surface area (Å²) in [4.78, 5) is 27.7. The van der Waals surface area contributed by atoms with Crippen molar-refractivity contribution in [2.45, 2.75) is 70.1 Å². The highest BCUT2D eigenvalue weighted by atomic mass is 28.2. The summed E-state index contributed by atoms with van der Waals surface area (Å²) in [5.41, 5.74) is 16.3. The zero-order valence-corrected chi connectivity index (χ0v) is 27.7. The van der Waals surface area contributed by atoms with E-state index in [1.54, 1.807) is 12.1 Å². The molecule has 0 bridgehead atoms. The van der Waals surface area contributed by atoms with Gasteiger partial charge >= 0.3 is 6.09 Å². The van der Waals surface area contributed by atoms with Crippen molar-refractivity contribution < 1.29 is 23.5 Å². The molecule has 3 saturated heterocycles. The number of hydrogen-bond donors (Lipinski definition) is 4. The summed E-state index contributed by atoms with van der Waals surface area (Å²) in [6.45, 7) is 5.40. The van der Waals surface area contributed by atoms with Gasteiger partial charge in [-0.1, -0.05) is 32.0 Å². The van der Waals surface area contributed by atoms with E-state index in [1.165, 1.54) is 12.1 Å². The van der Waals surface area contributed by atoms with Crippen molar-refractivity contribution in [2.24, 2.45) is 5.41 Å². The van der Waals surface area contributed by atoms with Crippen molar-refractivity contribution in [3.8, 4) is 0 Å². The molecule has 3 aromatic carbocycles. The molecule has 3 heterocycles. The Labute approximate surface area is 270 Å². The first kappa shape index (κ1) is 31.7. The molecule has 12 heteroatoms. The molecule has 6 N–H and O–H groups in total.